The van der Waals surface area contributed by atoms with Crippen LogP contribution in [0.1, 0.15) is 31.2 Å². The van der Waals surface area contributed by atoms with Gasteiger partial charge in [-0.25, -0.2) is 4.79 Å². The first kappa shape index (κ1) is 17.3. The van der Waals surface area contributed by atoms with Crippen LogP contribution in [0.15, 0.2) is 30.9 Å². The van der Waals surface area contributed by atoms with E-state index >= 15 is 0 Å². The normalized spacial score (nSPS) is 14.5. The topological polar surface area (TPSA) is 72.3 Å². The molecule has 0 radical (unpaired) electrons. The smallest absolute Gasteiger partial charge is 0.321 e. The second-order valence-electron chi connectivity index (χ2n) is 6.50. The Kier molecular flexibility index (Phi) is 5.53. The average Bonchev–Trinajstić information content (AvgIpc) is 3.30. The van der Waals surface area contributed by atoms with Crippen molar-refractivity contribution in [2.75, 3.05) is 18.9 Å². The predicted octanol–water partition coefficient (Wildman–Crippen LogP) is 3.07. The maximum atomic E-state index is 12.4. The summed E-state index contributed by atoms with van der Waals surface area (Å²) in [5.74, 6) is 0.858. The molecule has 25 heavy (non-hydrogen) atoms. The maximum absolute atomic E-state index is 12.4. The largest absolute Gasteiger partial charge is 0.490 e. The first-order valence-electron chi connectivity index (χ1n) is 8.74. The number of hydrogen-bond donors (Lipinski definition) is 1. The van der Waals surface area contributed by atoms with Gasteiger partial charge in [0.15, 0.2) is 0 Å². The van der Waals surface area contributed by atoms with Gasteiger partial charge in [-0.05, 0) is 44.7 Å². The molecule has 2 amide bonds. The first-order chi connectivity index (χ1) is 12.1. The number of amides is 2. The zero-order valence-corrected chi connectivity index (χ0v) is 14.8. The molecule has 134 valence electrons. The Hall–Kier alpha value is -2.57. The quantitative estimate of drug-likeness (QED) is 0.875. The number of nitrogens with zero attached hydrogens (tertiary/aromatic N) is 4. The molecule has 0 bridgehead atoms. The predicted molar refractivity (Wildman–Crippen MR) is 95.7 cm³/mol. The molecule has 1 N–H and O–H groups in total. The van der Waals surface area contributed by atoms with Gasteiger partial charge in [-0.3, -0.25) is 0 Å². The molecule has 1 aromatic heterocycles. The van der Waals surface area contributed by atoms with Crippen molar-refractivity contribution in [2.24, 2.45) is 0 Å². The Morgan fingerprint density at radius 3 is 2.76 bits per heavy atom. The van der Waals surface area contributed by atoms with Crippen molar-refractivity contribution < 1.29 is 9.53 Å². The van der Waals surface area contributed by atoms with E-state index in [1.54, 1.807) is 24.6 Å². The SMILES string of the molecule is Cc1c(NC(=O)N(C)CCn2cnnc2)cccc1OC1CCCC1. The van der Waals surface area contributed by atoms with Gasteiger partial charge < -0.3 is 19.5 Å². The van der Waals surface area contributed by atoms with Crippen molar-refractivity contribution in [3.63, 3.8) is 0 Å². The Bertz CT molecular complexity index is 695. The highest BCUT2D eigenvalue weighted by atomic mass is 16.5. The van der Waals surface area contributed by atoms with Crippen LogP contribution in [0.25, 0.3) is 0 Å². The monoisotopic (exact) mass is 343 g/mol. The highest BCUT2D eigenvalue weighted by Gasteiger charge is 2.18. The Morgan fingerprint density at radius 2 is 2.04 bits per heavy atom. The van der Waals surface area contributed by atoms with Gasteiger partial charge in [-0.1, -0.05) is 6.07 Å². The second-order valence-corrected chi connectivity index (χ2v) is 6.50. The number of urea groups is 1. The van der Waals surface area contributed by atoms with Crippen molar-refractivity contribution in [1.82, 2.24) is 19.7 Å². The van der Waals surface area contributed by atoms with E-state index in [1.807, 2.05) is 29.7 Å². The number of anilines is 1. The minimum absolute atomic E-state index is 0.144. The molecule has 0 saturated heterocycles. The third-order valence-corrected chi connectivity index (χ3v) is 4.63. The first-order valence-corrected chi connectivity index (χ1v) is 8.74. The number of benzene rings is 1. The third kappa shape index (κ3) is 4.49. The van der Waals surface area contributed by atoms with Crippen LogP contribution in [0.3, 0.4) is 0 Å². The van der Waals surface area contributed by atoms with Crippen LogP contribution in [-0.4, -0.2) is 45.4 Å². The number of ether oxygens (including phenoxy) is 1. The number of aromatic nitrogens is 3. The number of likely N-dealkylation sites (N-methyl/N-ethyl adjacent to an activating group) is 1. The molecule has 7 nitrogen and oxygen atoms in total. The molecular weight excluding hydrogens is 318 g/mol. The Morgan fingerprint density at radius 1 is 1.32 bits per heavy atom. The van der Waals surface area contributed by atoms with Gasteiger partial charge in [-0.15, -0.1) is 10.2 Å². The van der Waals surface area contributed by atoms with Crippen LogP contribution in [0.5, 0.6) is 5.75 Å². The number of carbonyl (C=O) groups excluding carboxylic acids is 1. The lowest BCUT2D eigenvalue weighted by Gasteiger charge is -2.21. The van der Waals surface area contributed by atoms with E-state index < -0.39 is 0 Å². The lowest BCUT2D eigenvalue weighted by molar-refractivity contribution is 0.208. The fourth-order valence-corrected chi connectivity index (χ4v) is 2.98. The summed E-state index contributed by atoms with van der Waals surface area (Å²) in [7, 11) is 1.77. The minimum atomic E-state index is -0.144. The zero-order valence-electron chi connectivity index (χ0n) is 14.8. The maximum Gasteiger partial charge on any atom is 0.321 e. The zero-order chi connectivity index (χ0) is 17.6. The summed E-state index contributed by atoms with van der Waals surface area (Å²) >= 11 is 0. The van der Waals surface area contributed by atoms with Gasteiger partial charge >= 0.3 is 6.03 Å². The second kappa shape index (κ2) is 8.00. The van der Waals surface area contributed by atoms with E-state index in [0.717, 1.165) is 29.8 Å². The molecule has 1 saturated carbocycles. The van der Waals surface area contributed by atoms with Crippen LogP contribution in [0, 0.1) is 6.92 Å². The van der Waals surface area contributed by atoms with Crippen LogP contribution in [-0.2, 0) is 6.54 Å². The van der Waals surface area contributed by atoms with Gasteiger partial charge in [0.25, 0.3) is 0 Å². The molecule has 0 spiro atoms. The summed E-state index contributed by atoms with van der Waals surface area (Å²) < 4.78 is 7.94. The summed E-state index contributed by atoms with van der Waals surface area (Å²) in [5, 5.41) is 10.5. The van der Waals surface area contributed by atoms with Gasteiger partial charge in [0.2, 0.25) is 0 Å². The molecular formula is C18H25N5O2. The molecule has 1 aromatic carbocycles. The Balaban J connectivity index is 1.58. The van der Waals surface area contributed by atoms with Crippen LogP contribution in [0.4, 0.5) is 10.5 Å². The van der Waals surface area contributed by atoms with Crippen LogP contribution >= 0.6 is 0 Å². The summed E-state index contributed by atoms with van der Waals surface area (Å²) in [6.45, 7) is 3.21. The van der Waals surface area contributed by atoms with Crippen LogP contribution < -0.4 is 10.1 Å². The minimum Gasteiger partial charge on any atom is -0.490 e. The Labute approximate surface area is 148 Å². The lowest BCUT2D eigenvalue weighted by Crippen LogP contribution is -2.34. The van der Waals surface area contributed by atoms with E-state index in [1.165, 1.54) is 12.8 Å². The molecule has 2 aromatic rings. The molecule has 3 rings (SSSR count). The molecule has 0 unspecified atom stereocenters. The summed E-state index contributed by atoms with van der Waals surface area (Å²) in [5.41, 5.74) is 1.76. The number of nitrogens with one attached hydrogen (secondary N) is 1. The van der Waals surface area contributed by atoms with E-state index in [-0.39, 0.29) is 6.03 Å². The average molecular weight is 343 g/mol. The highest BCUT2D eigenvalue weighted by molar-refractivity contribution is 5.90. The van der Waals surface area contributed by atoms with Gasteiger partial charge in [0.1, 0.15) is 18.4 Å². The molecule has 1 fully saturated rings. The number of hydrogen-bond acceptors (Lipinski definition) is 4. The molecule has 1 heterocycles. The van der Waals surface area contributed by atoms with E-state index in [4.69, 9.17) is 4.74 Å². The van der Waals surface area contributed by atoms with E-state index in [0.29, 0.717) is 19.2 Å². The molecule has 7 heteroatoms. The van der Waals surface area contributed by atoms with Gasteiger partial charge in [0, 0.05) is 31.4 Å². The van der Waals surface area contributed by atoms with Gasteiger partial charge in [-0.2, -0.15) is 0 Å². The van der Waals surface area contributed by atoms with Crippen molar-refractivity contribution >= 4 is 11.7 Å². The number of carbonyl (C=O) groups is 1. The van der Waals surface area contributed by atoms with Crippen molar-refractivity contribution in [1.29, 1.82) is 0 Å². The van der Waals surface area contributed by atoms with Gasteiger partial charge in [0.05, 0.1) is 6.10 Å². The van der Waals surface area contributed by atoms with Crippen LogP contribution in [0.2, 0.25) is 0 Å². The highest BCUT2D eigenvalue weighted by Crippen LogP contribution is 2.30. The summed E-state index contributed by atoms with van der Waals surface area (Å²) in [4.78, 5) is 14.1. The van der Waals surface area contributed by atoms with E-state index in [2.05, 4.69) is 15.5 Å². The van der Waals surface area contributed by atoms with Crippen molar-refractivity contribution in [2.45, 2.75) is 45.3 Å². The van der Waals surface area contributed by atoms with Crippen molar-refractivity contribution in [3.05, 3.63) is 36.4 Å². The third-order valence-electron chi connectivity index (χ3n) is 4.63. The summed E-state index contributed by atoms with van der Waals surface area (Å²) in [6.07, 6.45) is 8.27. The molecule has 0 aliphatic heterocycles. The fourth-order valence-electron chi connectivity index (χ4n) is 2.98. The van der Waals surface area contributed by atoms with Crippen molar-refractivity contribution in [3.8, 4) is 5.75 Å². The fraction of sp³-hybridized carbons (Fsp3) is 0.500. The number of rotatable bonds is 6. The lowest BCUT2D eigenvalue weighted by atomic mass is 10.1. The summed E-state index contributed by atoms with van der Waals surface area (Å²) in [6, 6.07) is 5.65. The van der Waals surface area contributed by atoms with E-state index in [9.17, 15) is 4.79 Å². The molecule has 1 aliphatic carbocycles. The molecule has 0 atom stereocenters. The molecule has 1 aliphatic rings. The standard InChI is InChI=1S/C18H25N5O2/c1-14-16(8-5-9-17(14)25-15-6-3-4-7-15)21-18(24)22(2)10-11-23-12-19-20-13-23/h5,8-9,12-13,15H,3-4,6-7,10-11H2,1-2H3,(H,21,24).